The first-order valence-electron chi connectivity index (χ1n) is 8.95. The van der Waals surface area contributed by atoms with E-state index in [4.69, 9.17) is 21.6 Å². The molecule has 2 rings (SSSR count). The van der Waals surface area contributed by atoms with Crippen molar-refractivity contribution in [3.63, 3.8) is 0 Å². The van der Waals surface area contributed by atoms with Crippen molar-refractivity contribution >= 4 is 46.8 Å². The van der Waals surface area contributed by atoms with Gasteiger partial charge in [0.2, 0.25) is 0 Å². The first-order valence-corrected chi connectivity index (χ1v) is 10.7. The number of carbonyl (C=O) groups is 3. The van der Waals surface area contributed by atoms with Gasteiger partial charge in [0.15, 0.2) is 6.61 Å². The van der Waals surface area contributed by atoms with E-state index >= 15 is 0 Å². The number of esters is 1. The summed E-state index contributed by atoms with van der Waals surface area (Å²) < 4.78 is 5.09. The summed E-state index contributed by atoms with van der Waals surface area (Å²) in [5, 5.41) is 14.6. The second-order valence-corrected chi connectivity index (χ2v) is 7.58. The van der Waals surface area contributed by atoms with Crippen LogP contribution in [-0.2, 0) is 14.3 Å². The van der Waals surface area contributed by atoms with E-state index in [-0.39, 0.29) is 0 Å². The third-order valence-corrected chi connectivity index (χ3v) is 4.82. The molecule has 9 heteroatoms. The topological polar surface area (TPSA) is 108 Å². The summed E-state index contributed by atoms with van der Waals surface area (Å²) in [4.78, 5) is 36.9. The highest BCUT2D eigenvalue weighted by atomic mass is 35.5. The van der Waals surface area contributed by atoms with Crippen LogP contribution >= 0.6 is 23.4 Å². The van der Waals surface area contributed by atoms with Crippen molar-refractivity contribution in [2.45, 2.75) is 12.5 Å². The Hall–Kier alpha value is -3.02. The van der Waals surface area contributed by atoms with E-state index in [2.05, 4.69) is 10.6 Å². The van der Waals surface area contributed by atoms with Crippen LogP contribution in [0.5, 0.6) is 0 Å². The van der Waals surface area contributed by atoms with Gasteiger partial charge in [0.05, 0.1) is 11.6 Å². The molecule has 0 radical (unpaired) electrons. The Kier molecular flexibility index (Phi) is 9.19. The monoisotopic (exact) mass is 445 g/mol. The Bertz CT molecular complexity index is 944. The smallest absolute Gasteiger partial charge is 0.329 e. The fourth-order valence-corrected chi connectivity index (χ4v) is 3.03. The second kappa shape index (κ2) is 11.9. The maximum absolute atomic E-state index is 12.4. The SMILES string of the molecule is CSCCC(NC(=O)c1ccc(Cl)cc1)C(=O)OCC(=O)Nc1cccc(C#N)c1. The summed E-state index contributed by atoms with van der Waals surface area (Å²) in [6, 6.07) is 13.7. The summed E-state index contributed by atoms with van der Waals surface area (Å²) in [5.41, 5.74) is 1.17. The number of thioether (sulfide) groups is 1. The Morgan fingerprint density at radius 3 is 2.60 bits per heavy atom. The van der Waals surface area contributed by atoms with E-state index < -0.39 is 30.4 Å². The van der Waals surface area contributed by atoms with Crippen LogP contribution in [-0.4, -0.2) is 42.4 Å². The van der Waals surface area contributed by atoms with Crippen LogP contribution in [0.25, 0.3) is 0 Å². The lowest BCUT2D eigenvalue weighted by Crippen LogP contribution is -2.43. The van der Waals surface area contributed by atoms with Gasteiger partial charge in [-0.1, -0.05) is 17.7 Å². The van der Waals surface area contributed by atoms with Gasteiger partial charge in [-0.2, -0.15) is 17.0 Å². The predicted octanol–water partition coefficient (Wildman–Crippen LogP) is 3.25. The van der Waals surface area contributed by atoms with Crippen molar-refractivity contribution in [2.75, 3.05) is 23.9 Å². The van der Waals surface area contributed by atoms with E-state index in [9.17, 15) is 14.4 Å². The Labute approximate surface area is 183 Å². The summed E-state index contributed by atoms with van der Waals surface area (Å²) in [7, 11) is 0. The Morgan fingerprint density at radius 2 is 1.93 bits per heavy atom. The van der Waals surface area contributed by atoms with Gasteiger partial charge in [-0.3, -0.25) is 9.59 Å². The number of hydrogen-bond donors (Lipinski definition) is 2. The van der Waals surface area contributed by atoms with Gasteiger partial charge in [-0.25, -0.2) is 4.79 Å². The van der Waals surface area contributed by atoms with Crippen LogP contribution in [0.1, 0.15) is 22.3 Å². The van der Waals surface area contributed by atoms with Crippen LogP contribution in [0, 0.1) is 11.3 Å². The number of nitriles is 1. The minimum absolute atomic E-state index is 0.352. The summed E-state index contributed by atoms with van der Waals surface area (Å²) in [6.07, 6.45) is 2.23. The van der Waals surface area contributed by atoms with Crippen molar-refractivity contribution in [1.29, 1.82) is 5.26 Å². The zero-order chi connectivity index (χ0) is 21.9. The first-order chi connectivity index (χ1) is 14.4. The molecule has 30 heavy (non-hydrogen) atoms. The van der Waals surface area contributed by atoms with Crippen molar-refractivity contribution < 1.29 is 19.1 Å². The average molecular weight is 446 g/mol. The number of hydrogen-bond acceptors (Lipinski definition) is 6. The molecule has 0 aliphatic rings. The van der Waals surface area contributed by atoms with Crippen molar-refractivity contribution in [3.8, 4) is 6.07 Å². The van der Waals surface area contributed by atoms with Crippen molar-refractivity contribution in [3.05, 3.63) is 64.7 Å². The van der Waals surface area contributed by atoms with Crippen LogP contribution in [0.2, 0.25) is 5.02 Å². The third-order valence-electron chi connectivity index (χ3n) is 3.93. The molecule has 2 aromatic carbocycles. The Morgan fingerprint density at radius 1 is 1.20 bits per heavy atom. The molecule has 2 N–H and O–H groups in total. The van der Waals surface area contributed by atoms with Crippen molar-refractivity contribution in [2.24, 2.45) is 0 Å². The summed E-state index contributed by atoms with van der Waals surface area (Å²) in [6.45, 7) is -0.512. The van der Waals surface area contributed by atoms with E-state index in [0.29, 0.717) is 34.0 Å². The van der Waals surface area contributed by atoms with E-state index in [1.807, 2.05) is 12.3 Å². The standard InChI is InChI=1S/C21H20ClN3O4S/c1-30-10-9-18(25-20(27)15-5-7-16(22)8-6-15)21(28)29-13-19(26)24-17-4-2-3-14(11-17)12-23/h2-8,11,18H,9-10,13H2,1H3,(H,24,26)(H,25,27). The number of nitrogens with one attached hydrogen (secondary N) is 2. The molecule has 1 unspecified atom stereocenters. The normalized spacial score (nSPS) is 11.1. The molecule has 2 aromatic rings. The van der Waals surface area contributed by atoms with Gasteiger partial charge in [0.1, 0.15) is 6.04 Å². The molecule has 0 fully saturated rings. The highest BCUT2D eigenvalue weighted by molar-refractivity contribution is 7.98. The Balaban J connectivity index is 1.93. The number of rotatable bonds is 9. The lowest BCUT2D eigenvalue weighted by atomic mass is 10.1. The summed E-state index contributed by atoms with van der Waals surface area (Å²) >= 11 is 7.34. The van der Waals surface area contributed by atoms with E-state index in [1.54, 1.807) is 42.5 Å². The number of anilines is 1. The molecule has 156 valence electrons. The molecule has 0 saturated carbocycles. The average Bonchev–Trinajstić information content (AvgIpc) is 2.75. The lowest BCUT2D eigenvalue weighted by Gasteiger charge is -2.17. The molecule has 0 bridgehead atoms. The van der Waals surface area contributed by atoms with E-state index in [0.717, 1.165) is 0 Å². The molecule has 1 atom stereocenters. The molecule has 0 aliphatic carbocycles. The minimum Gasteiger partial charge on any atom is -0.454 e. The maximum Gasteiger partial charge on any atom is 0.329 e. The van der Waals surface area contributed by atoms with Crippen molar-refractivity contribution in [1.82, 2.24) is 5.32 Å². The highest BCUT2D eigenvalue weighted by Gasteiger charge is 2.23. The molecule has 0 aromatic heterocycles. The predicted molar refractivity (Wildman–Crippen MR) is 116 cm³/mol. The maximum atomic E-state index is 12.4. The van der Waals surface area contributed by atoms with Gasteiger partial charge < -0.3 is 15.4 Å². The number of amides is 2. The summed E-state index contributed by atoms with van der Waals surface area (Å²) in [5.74, 6) is -1.07. The van der Waals surface area contributed by atoms with Crippen LogP contribution in [0.3, 0.4) is 0 Å². The van der Waals surface area contributed by atoms with Crippen LogP contribution in [0.4, 0.5) is 5.69 Å². The van der Waals surface area contributed by atoms with Gasteiger partial charge >= 0.3 is 5.97 Å². The molecule has 0 saturated heterocycles. The number of halogens is 1. The fraction of sp³-hybridized carbons (Fsp3) is 0.238. The van der Waals surface area contributed by atoms with Gasteiger partial charge in [-0.05, 0) is 60.9 Å². The van der Waals surface area contributed by atoms with Gasteiger partial charge in [-0.15, -0.1) is 0 Å². The molecular weight excluding hydrogens is 426 g/mol. The number of benzene rings is 2. The minimum atomic E-state index is -0.893. The lowest BCUT2D eigenvalue weighted by molar-refractivity contribution is -0.149. The van der Waals surface area contributed by atoms with E-state index in [1.165, 1.54) is 17.8 Å². The molecule has 2 amide bonds. The third kappa shape index (κ3) is 7.43. The van der Waals surface area contributed by atoms with Crippen LogP contribution < -0.4 is 10.6 Å². The fourth-order valence-electron chi connectivity index (χ4n) is 2.43. The van der Waals surface area contributed by atoms with Gasteiger partial charge in [0.25, 0.3) is 11.8 Å². The first kappa shape index (κ1) is 23.3. The second-order valence-electron chi connectivity index (χ2n) is 6.16. The highest BCUT2D eigenvalue weighted by Crippen LogP contribution is 2.12. The number of ether oxygens (including phenoxy) is 1. The zero-order valence-electron chi connectivity index (χ0n) is 16.2. The molecule has 7 nitrogen and oxygen atoms in total. The molecular formula is C21H20ClN3O4S. The van der Waals surface area contributed by atoms with Gasteiger partial charge in [0, 0.05) is 16.3 Å². The quantitative estimate of drug-likeness (QED) is 0.573. The van der Waals surface area contributed by atoms with Crippen LogP contribution in [0.15, 0.2) is 48.5 Å². The number of carbonyl (C=O) groups excluding carboxylic acids is 3. The zero-order valence-corrected chi connectivity index (χ0v) is 17.8. The largest absolute Gasteiger partial charge is 0.454 e. The molecule has 0 spiro atoms. The number of nitrogens with zero attached hydrogens (tertiary/aromatic N) is 1. The molecule has 0 heterocycles. The molecule has 0 aliphatic heterocycles.